The number of carbonyl (C=O) groups is 3. The summed E-state index contributed by atoms with van der Waals surface area (Å²) in [7, 11) is 0. The minimum absolute atomic E-state index is 0.0253. The number of carbonyl (C=O) groups excluding carboxylic acids is 3. The first kappa shape index (κ1) is 21.0. The third-order valence-corrected chi connectivity index (χ3v) is 6.08. The highest BCUT2D eigenvalue weighted by Crippen LogP contribution is 2.45. The Morgan fingerprint density at radius 1 is 1.30 bits per heavy atom. The van der Waals surface area contributed by atoms with Crippen LogP contribution in [0.25, 0.3) is 0 Å². The number of epoxide rings is 1. The van der Waals surface area contributed by atoms with E-state index < -0.39 is 46.9 Å². The highest BCUT2D eigenvalue weighted by atomic mass is 16.6. The molecular weight excluding hydrogens is 396 g/mol. The number of esters is 3. The van der Waals surface area contributed by atoms with Gasteiger partial charge in [0.05, 0.1) is 29.5 Å². The molecule has 4 aliphatic heterocycles. The highest BCUT2D eigenvalue weighted by Gasteiger charge is 2.53. The van der Waals surface area contributed by atoms with Crippen molar-refractivity contribution in [3.63, 3.8) is 0 Å². The fourth-order valence-electron chi connectivity index (χ4n) is 4.12. The molecule has 9 nitrogen and oxygen atoms in total. The Balaban J connectivity index is 1.80. The van der Waals surface area contributed by atoms with Crippen molar-refractivity contribution in [3.8, 4) is 0 Å². The van der Waals surface area contributed by atoms with Gasteiger partial charge in [-0.3, -0.25) is 4.79 Å². The van der Waals surface area contributed by atoms with E-state index in [2.05, 4.69) is 0 Å². The third kappa shape index (κ3) is 3.77. The Morgan fingerprint density at radius 2 is 2.00 bits per heavy atom. The van der Waals surface area contributed by atoms with E-state index in [0.29, 0.717) is 12.8 Å². The van der Waals surface area contributed by atoms with Crippen molar-refractivity contribution < 1.29 is 43.2 Å². The minimum atomic E-state index is -1.34. The Bertz CT molecular complexity index is 864. The molecule has 2 saturated heterocycles. The van der Waals surface area contributed by atoms with E-state index in [9.17, 15) is 19.5 Å². The van der Waals surface area contributed by atoms with Crippen LogP contribution in [0.2, 0.25) is 0 Å². The van der Waals surface area contributed by atoms with Crippen molar-refractivity contribution >= 4 is 17.9 Å². The second-order valence-corrected chi connectivity index (χ2v) is 9.00. The van der Waals surface area contributed by atoms with Crippen molar-refractivity contribution in [2.45, 2.75) is 76.0 Å². The van der Waals surface area contributed by atoms with Crippen LogP contribution >= 0.6 is 0 Å². The van der Waals surface area contributed by atoms with Crippen molar-refractivity contribution in [2.75, 3.05) is 13.2 Å². The first-order chi connectivity index (χ1) is 13.9. The van der Waals surface area contributed by atoms with Crippen molar-refractivity contribution in [2.24, 2.45) is 0 Å². The predicted octanol–water partition coefficient (Wildman–Crippen LogP) is 1.08. The lowest BCUT2D eigenvalue weighted by Crippen LogP contribution is -2.44. The van der Waals surface area contributed by atoms with Crippen LogP contribution in [0.4, 0.5) is 0 Å². The molecule has 4 rings (SSSR count). The van der Waals surface area contributed by atoms with Crippen LogP contribution < -0.4 is 0 Å². The van der Waals surface area contributed by atoms with Gasteiger partial charge < -0.3 is 28.8 Å². The summed E-state index contributed by atoms with van der Waals surface area (Å²) in [6.45, 7) is 6.20. The van der Waals surface area contributed by atoms with Gasteiger partial charge in [0.15, 0.2) is 5.60 Å². The maximum absolute atomic E-state index is 12.6. The second-order valence-electron chi connectivity index (χ2n) is 9.00. The average Bonchev–Trinajstić information content (AvgIpc) is 3.13. The standard InChI is InChI=1S/C21H26O9/c1-11(22)26-9-12-16-13(28-17(12)23)7-19(2)6-5-15(30-19)20(3,25)8-14(16)29-18(24)21(4)10-27-21/h7,14-15,25H,5-6,8-10H2,1-4H3/b13-7+/t14-,15-,19+,20+,21-/m0/s1. The fraction of sp³-hybridized carbons (Fsp3) is 0.667. The number of aliphatic hydroxyl groups is 1. The molecule has 30 heavy (non-hydrogen) atoms. The fourth-order valence-corrected chi connectivity index (χ4v) is 4.12. The summed E-state index contributed by atoms with van der Waals surface area (Å²) in [5.74, 6) is -1.66. The zero-order valence-corrected chi connectivity index (χ0v) is 17.5. The van der Waals surface area contributed by atoms with E-state index in [-0.39, 0.29) is 36.5 Å². The molecule has 0 unspecified atom stereocenters. The first-order valence-corrected chi connectivity index (χ1v) is 9.99. The Kier molecular flexibility index (Phi) is 4.83. The Hall–Kier alpha value is -2.23. The molecule has 164 valence electrons. The summed E-state index contributed by atoms with van der Waals surface area (Å²) in [5.41, 5.74) is -2.79. The molecule has 2 fully saturated rings. The number of hydrogen-bond donors (Lipinski definition) is 1. The van der Waals surface area contributed by atoms with Gasteiger partial charge in [-0.15, -0.1) is 0 Å². The predicted molar refractivity (Wildman–Crippen MR) is 99.8 cm³/mol. The molecule has 0 aromatic rings. The van der Waals surface area contributed by atoms with E-state index >= 15 is 0 Å². The SMILES string of the molecule is CC(=O)OCC1=C2/C(=C\[C@@]3(C)CC[C@H](O3)[C@](C)(O)C[C@@H]2OC(=O)[C@]2(C)CO2)OC1=O. The van der Waals surface area contributed by atoms with E-state index in [4.69, 9.17) is 23.7 Å². The molecule has 1 N–H and O–H groups in total. The molecule has 0 radical (unpaired) electrons. The van der Waals surface area contributed by atoms with E-state index in [0.717, 1.165) is 0 Å². The summed E-state index contributed by atoms with van der Waals surface area (Å²) in [6, 6.07) is 0. The molecule has 5 atom stereocenters. The van der Waals surface area contributed by atoms with E-state index in [1.165, 1.54) is 6.92 Å². The molecular formula is C21H26O9. The largest absolute Gasteiger partial charge is 0.461 e. The monoisotopic (exact) mass is 422 g/mol. The molecule has 0 amide bonds. The maximum atomic E-state index is 12.6. The number of fused-ring (bicyclic) bond motifs is 3. The Morgan fingerprint density at radius 3 is 2.63 bits per heavy atom. The van der Waals surface area contributed by atoms with E-state index in [1.54, 1.807) is 19.9 Å². The lowest BCUT2D eigenvalue weighted by Gasteiger charge is -2.33. The molecule has 9 heteroatoms. The van der Waals surface area contributed by atoms with Gasteiger partial charge in [0, 0.05) is 18.9 Å². The zero-order chi connectivity index (χ0) is 21.9. The number of hydrogen-bond acceptors (Lipinski definition) is 9. The van der Waals surface area contributed by atoms with Crippen LogP contribution in [0.15, 0.2) is 23.0 Å². The van der Waals surface area contributed by atoms with Crippen LogP contribution in [0.5, 0.6) is 0 Å². The lowest BCUT2D eigenvalue weighted by atomic mass is 9.84. The summed E-state index contributed by atoms with van der Waals surface area (Å²) in [4.78, 5) is 36.6. The zero-order valence-electron chi connectivity index (χ0n) is 17.5. The minimum Gasteiger partial charge on any atom is -0.461 e. The quantitative estimate of drug-likeness (QED) is 0.403. The van der Waals surface area contributed by atoms with Crippen LogP contribution in [0.1, 0.15) is 47.0 Å². The van der Waals surface area contributed by atoms with Crippen LogP contribution in [-0.2, 0) is 38.1 Å². The van der Waals surface area contributed by atoms with Crippen LogP contribution in [0.3, 0.4) is 0 Å². The van der Waals surface area contributed by atoms with Gasteiger partial charge in [0.1, 0.15) is 18.5 Å². The smallest absolute Gasteiger partial charge is 0.343 e. The Labute approximate surface area is 173 Å². The van der Waals surface area contributed by atoms with Gasteiger partial charge in [-0.05, 0) is 39.7 Å². The van der Waals surface area contributed by atoms with Gasteiger partial charge in [-0.25, -0.2) is 9.59 Å². The van der Waals surface area contributed by atoms with Gasteiger partial charge >= 0.3 is 17.9 Å². The van der Waals surface area contributed by atoms with Gasteiger partial charge in [0.2, 0.25) is 0 Å². The molecule has 2 bridgehead atoms. The maximum Gasteiger partial charge on any atom is 0.343 e. The normalized spacial score (nSPS) is 41.6. The van der Waals surface area contributed by atoms with Crippen molar-refractivity contribution in [3.05, 3.63) is 23.0 Å². The molecule has 0 spiro atoms. The molecule has 0 saturated carbocycles. The van der Waals surface area contributed by atoms with E-state index in [1.807, 2.05) is 6.92 Å². The third-order valence-electron chi connectivity index (χ3n) is 6.08. The lowest BCUT2D eigenvalue weighted by molar-refractivity contribution is -0.160. The average molecular weight is 422 g/mol. The highest BCUT2D eigenvalue weighted by molar-refractivity contribution is 5.95. The summed E-state index contributed by atoms with van der Waals surface area (Å²) < 4.78 is 27.5. The summed E-state index contributed by atoms with van der Waals surface area (Å²) in [6.07, 6.45) is 1.38. The van der Waals surface area contributed by atoms with Gasteiger partial charge in [0.25, 0.3) is 0 Å². The van der Waals surface area contributed by atoms with Gasteiger partial charge in [-0.1, -0.05) is 0 Å². The second kappa shape index (κ2) is 6.90. The van der Waals surface area contributed by atoms with Crippen molar-refractivity contribution in [1.29, 1.82) is 0 Å². The van der Waals surface area contributed by atoms with Crippen molar-refractivity contribution in [1.82, 2.24) is 0 Å². The first-order valence-electron chi connectivity index (χ1n) is 9.99. The topological polar surface area (TPSA) is 121 Å². The molecule has 4 heterocycles. The number of rotatable bonds is 4. The summed E-state index contributed by atoms with van der Waals surface area (Å²) >= 11 is 0. The molecule has 0 aliphatic carbocycles. The van der Waals surface area contributed by atoms with Crippen LogP contribution in [-0.4, -0.2) is 65.2 Å². The molecule has 0 aromatic heterocycles. The molecule has 0 aromatic carbocycles. The van der Waals surface area contributed by atoms with Crippen LogP contribution in [0, 0.1) is 0 Å². The number of ether oxygens (including phenoxy) is 5. The summed E-state index contributed by atoms with van der Waals surface area (Å²) in [5, 5.41) is 11.2. The molecule has 4 aliphatic rings. The van der Waals surface area contributed by atoms with Gasteiger partial charge in [-0.2, -0.15) is 0 Å².